The molecule has 0 aliphatic rings. The van der Waals surface area contributed by atoms with E-state index in [9.17, 15) is 9.59 Å². The number of nitrogens with zero attached hydrogens (tertiary/aromatic N) is 3. The highest BCUT2D eigenvalue weighted by Gasteiger charge is 2.14. The third-order valence-corrected chi connectivity index (χ3v) is 3.50. The van der Waals surface area contributed by atoms with Crippen molar-refractivity contribution in [1.82, 2.24) is 19.5 Å². The first-order valence-corrected chi connectivity index (χ1v) is 6.70. The van der Waals surface area contributed by atoms with E-state index in [0.717, 1.165) is 0 Å². The van der Waals surface area contributed by atoms with Crippen molar-refractivity contribution in [3.8, 4) is 17.0 Å². The second-order valence-corrected chi connectivity index (χ2v) is 4.94. The predicted molar refractivity (Wildman–Crippen MR) is 82.4 cm³/mol. The van der Waals surface area contributed by atoms with Gasteiger partial charge in [-0.05, 0) is 12.1 Å². The van der Waals surface area contributed by atoms with Gasteiger partial charge < -0.3 is 4.74 Å². The van der Waals surface area contributed by atoms with Gasteiger partial charge in [0.25, 0.3) is 5.56 Å². The first-order chi connectivity index (χ1) is 10.5. The summed E-state index contributed by atoms with van der Waals surface area (Å²) < 4.78 is 6.34. The number of hydrogen-bond donors (Lipinski definition) is 1. The second kappa shape index (κ2) is 5.27. The molecule has 0 aliphatic heterocycles. The minimum Gasteiger partial charge on any atom is -0.497 e. The van der Waals surface area contributed by atoms with E-state index in [1.807, 2.05) is 0 Å². The van der Waals surface area contributed by atoms with Crippen LogP contribution in [0.4, 0.5) is 0 Å². The fourth-order valence-corrected chi connectivity index (χ4v) is 2.31. The van der Waals surface area contributed by atoms with Crippen LogP contribution in [0, 0.1) is 0 Å². The van der Waals surface area contributed by atoms with Crippen LogP contribution < -0.4 is 16.0 Å². The zero-order chi connectivity index (χ0) is 15.9. The molecule has 2 heterocycles. The number of fused-ring (bicyclic) bond motifs is 1. The smallest absolute Gasteiger partial charge is 0.329 e. The van der Waals surface area contributed by atoms with Crippen molar-refractivity contribution in [3.05, 3.63) is 50.3 Å². The standard InChI is InChI=1S/C14H11ClN4O3/c1-19-12-10(13(20)18-14(19)21)16-9(11(15)17-12)7-4-3-5-8(6-7)22-2/h3-6H,1-2H3,(H,18,20,21). The summed E-state index contributed by atoms with van der Waals surface area (Å²) in [5.74, 6) is 0.629. The van der Waals surface area contributed by atoms with Gasteiger partial charge in [-0.15, -0.1) is 0 Å². The Bertz CT molecular complexity index is 994. The van der Waals surface area contributed by atoms with Gasteiger partial charge in [0.05, 0.1) is 7.11 Å². The fourth-order valence-electron chi connectivity index (χ4n) is 2.08. The summed E-state index contributed by atoms with van der Waals surface area (Å²) in [6.07, 6.45) is 0. The van der Waals surface area contributed by atoms with Gasteiger partial charge in [0.15, 0.2) is 16.3 Å². The molecule has 0 fully saturated rings. The average molecular weight is 319 g/mol. The zero-order valence-electron chi connectivity index (χ0n) is 11.8. The Morgan fingerprint density at radius 2 is 2.05 bits per heavy atom. The Labute approximate surface area is 129 Å². The number of rotatable bonds is 2. The molecule has 0 unspecified atom stereocenters. The first-order valence-electron chi connectivity index (χ1n) is 6.32. The molecular weight excluding hydrogens is 308 g/mol. The van der Waals surface area contributed by atoms with Crippen molar-refractivity contribution in [2.75, 3.05) is 7.11 Å². The highest BCUT2D eigenvalue weighted by atomic mass is 35.5. The second-order valence-electron chi connectivity index (χ2n) is 4.59. The van der Waals surface area contributed by atoms with Crippen molar-refractivity contribution < 1.29 is 4.74 Å². The number of aromatic amines is 1. The molecule has 0 saturated heterocycles. The van der Waals surface area contributed by atoms with Crippen LogP contribution in [0.25, 0.3) is 22.4 Å². The number of benzene rings is 1. The van der Waals surface area contributed by atoms with Crippen LogP contribution in [-0.2, 0) is 7.05 Å². The minimum atomic E-state index is -0.605. The predicted octanol–water partition coefficient (Wildman–Crippen LogP) is 1.35. The van der Waals surface area contributed by atoms with Crippen molar-refractivity contribution in [2.24, 2.45) is 7.05 Å². The van der Waals surface area contributed by atoms with Crippen LogP contribution in [0.2, 0.25) is 5.15 Å². The van der Waals surface area contributed by atoms with E-state index in [1.54, 1.807) is 31.4 Å². The molecule has 1 N–H and O–H groups in total. The Hall–Kier alpha value is -2.67. The lowest BCUT2D eigenvalue weighted by Gasteiger charge is -2.08. The van der Waals surface area contributed by atoms with Crippen LogP contribution in [0.15, 0.2) is 33.9 Å². The SMILES string of the molecule is COc1cccc(-c2nc3c(=O)[nH]c(=O)n(C)c3nc2Cl)c1. The molecule has 0 bridgehead atoms. The number of methoxy groups -OCH3 is 1. The quantitative estimate of drug-likeness (QED) is 0.770. The molecule has 0 saturated carbocycles. The lowest BCUT2D eigenvalue weighted by molar-refractivity contribution is 0.415. The van der Waals surface area contributed by atoms with E-state index >= 15 is 0 Å². The topological polar surface area (TPSA) is 89.9 Å². The molecule has 0 atom stereocenters. The fraction of sp³-hybridized carbons (Fsp3) is 0.143. The van der Waals surface area contributed by atoms with E-state index in [2.05, 4.69) is 15.0 Å². The number of ether oxygens (including phenoxy) is 1. The van der Waals surface area contributed by atoms with Gasteiger partial charge in [0, 0.05) is 12.6 Å². The molecule has 8 heteroatoms. The third-order valence-electron chi connectivity index (χ3n) is 3.24. The van der Waals surface area contributed by atoms with E-state index in [-0.39, 0.29) is 16.3 Å². The molecule has 7 nitrogen and oxygen atoms in total. The summed E-state index contributed by atoms with van der Waals surface area (Å²) >= 11 is 6.17. The van der Waals surface area contributed by atoms with Gasteiger partial charge in [-0.25, -0.2) is 14.8 Å². The Morgan fingerprint density at radius 3 is 2.77 bits per heavy atom. The van der Waals surface area contributed by atoms with Crippen LogP contribution in [0.1, 0.15) is 0 Å². The summed E-state index contributed by atoms with van der Waals surface area (Å²) in [6, 6.07) is 7.07. The molecule has 22 heavy (non-hydrogen) atoms. The summed E-state index contributed by atoms with van der Waals surface area (Å²) in [7, 11) is 3.03. The van der Waals surface area contributed by atoms with E-state index in [0.29, 0.717) is 17.0 Å². The zero-order valence-corrected chi connectivity index (χ0v) is 12.5. The first kappa shape index (κ1) is 14.3. The average Bonchev–Trinajstić information content (AvgIpc) is 2.52. The van der Waals surface area contributed by atoms with Gasteiger partial charge in [-0.2, -0.15) is 0 Å². The van der Waals surface area contributed by atoms with Gasteiger partial charge in [-0.1, -0.05) is 23.7 Å². The van der Waals surface area contributed by atoms with Crippen molar-refractivity contribution in [1.29, 1.82) is 0 Å². The van der Waals surface area contributed by atoms with Gasteiger partial charge in [-0.3, -0.25) is 14.3 Å². The summed E-state index contributed by atoms with van der Waals surface area (Å²) in [4.78, 5) is 34.1. The van der Waals surface area contributed by atoms with Crippen molar-refractivity contribution in [3.63, 3.8) is 0 Å². The molecule has 3 rings (SSSR count). The van der Waals surface area contributed by atoms with E-state index in [4.69, 9.17) is 16.3 Å². The normalized spacial score (nSPS) is 10.9. The summed E-state index contributed by atoms with van der Waals surface area (Å²) in [5.41, 5.74) is 0.00217. The summed E-state index contributed by atoms with van der Waals surface area (Å²) in [5, 5.41) is 0.0985. The molecular formula is C14H11ClN4O3. The lowest BCUT2D eigenvalue weighted by Crippen LogP contribution is -2.29. The maximum Gasteiger partial charge on any atom is 0.329 e. The molecule has 0 amide bonds. The van der Waals surface area contributed by atoms with Crippen LogP contribution in [0.3, 0.4) is 0 Å². The van der Waals surface area contributed by atoms with Gasteiger partial charge in [0.2, 0.25) is 0 Å². The number of nitrogens with one attached hydrogen (secondary N) is 1. The maximum atomic E-state index is 11.9. The molecule has 0 spiro atoms. The number of halogens is 1. The van der Waals surface area contributed by atoms with E-state index in [1.165, 1.54) is 11.6 Å². The van der Waals surface area contributed by atoms with Crippen molar-refractivity contribution >= 4 is 22.8 Å². The maximum absolute atomic E-state index is 11.9. The summed E-state index contributed by atoms with van der Waals surface area (Å²) in [6.45, 7) is 0. The molecule has 0 radical (unpaired) electrons. The van der Waals surface area contributed by atoms with Crippen molar-refractivity contribution in [2.45, 2.75) is 0 Å². The molecule has 0 aliphatic carbocycles. The Morgan fingerprint density at radius 1 is 1.27 bits per heavy atom. The van der Waals surface area contributed by atoms with E-state index < -0.39 is 11.2 Å². The highest BCUT2D eigenvalue weighted by molar-refractivity contribution is 6.32. The van der Waals surface area contributed by atoms with Crippen LogP contribution in [-0.4, -0.2) is 26.6 Å². The molecule has 112 valence electrons. The molecule has 3 aromatic rings. The molecule has 1 aromatic carbocycles. The number of aromatic nitrogens is 4. The number of hydrogen-bond acceptors (Lipinski definition) is 5. The van der Waals surface area contributed by atoms with Gasteiger partial charge in [0.1, 0.15) is 11.4 Å². The molecule has 2 aromatic heterocycles. The number of H-pyrrole nitrogens is 1. The van der Waals surface area contributed by atoms with Crippen LogP contribution >= 0.6 is 11.6 Å². The highest BCUT2D eigenvalue weighted by Crippen LogP contribution is 2.28. The largest absolute Gasteiger partial charge is 0.497 e. The lowest BCUT2D eigenvalue weighted by atomic mass is 10.1. The Kier molecular flexibility index (Phi) is 3.42. The Balaban J connectivity index is 2.34. The van der Waals surface area contributed by atoms with Gasteiger partial charge >= 0.3 is 5.69 Å². The number of aryl methyl sites for hydroxylation is 1. The van der Waals surface area contributed by atoms with Crippen LogP contribution in [0.5, 0.6) is 5.75 Å². The third kappa shape index (κ3) is 2.25. The minimum absolute atomic E-state index is 0.0457. The monoisotopic (exact) mass is 318 g/mol.